The number of carbonyl (C=O) groups is 1. The van der Waals surface area contributed by atoms with E-state index in [0.29, 0.717) is 28.4 Å². The second kappa shape index (κ2) is 8.25. The summed E-state index contributed by atoms with van der Waals surface area (Å²) in [7, 11) is 0. The topological polar surface area (TPSA) is 17.1 Å². The molecule has 4 rings (SSSR count). The highest BCUT2D eigenvalue weighted by atomic mass is 16.1. The van der Waals surface area contributed by atoms with Crippen molar-refractivity contribution in [3.8, 4) is 0 Å². The van der Waals surface area contributed by atoms with Gasteiger partial charge in [0.25, 0.3) is 0 Å². The molecule has 1 nitrogen and oxygen atoms in total. The van der Waals surface area contributed by atoms with Crippen molar-refractivity contribution in [2.75, 3.05) is 0 Å². The first-order valence-electron chi connectivity index (χ1n) is 13.1. The summed E-state index contributed by atoms with van der Waals surface area (Å²) in [5.41, 5.74) is 2.68. The zero-order valence-corrected chi connectivity index (χ0v) is 20.5. The molecule has 0 aromatic carbocycles. The molecular weight excluding hydrogens is 364 g/mol. The lowest BCUT2D eigenvalue weighted by atomic mass is 9.48. The molecule has 1 heteroatoms. The molecule has 8 unspecified atom stereocenters. The van der Waals surface area contributed by atoms with Gasteiger partial charge in [-0.05, 0) is 97.2 Å². The molecule has 0 heterocycles. The Morgan fingerprint density at radius 2 is 1.77 bits per heavy atom. The highest BCUT2D eigenvalue weighted by Gasteiger charge is 2.58. The maximum atomic E-state index is 12.1. The van der Waals surface area contributed by atoms with Gasteiger partial charge in [-0.1, -0.05) is 65.3 Å². The Morgan fingerprint density at radius 3 is 2.47 bits per heavy atom. The largest absolute Gasteiger partial charge is 0.300 e. The van der Waals surface area contributed by atoms with Crippen LogP contribution < -0.4 is 0 Å². The lowest BCUT2D eigenvalue weighted by Gasteiger charge is -2.57. The number of carbonyl (C=O) groups excluding carboxylic acids is 1. The summed E-state index contributed by atoms with van der Waals surface area (Å²) in [5, 5.41) is 0. The first-order valence-corrected chi connectivity index (χ1v) is 13.1. The normalized spacial score (nSPS) is 43.2. The van der Waals surface area contributed by atoms with Crippen LogP contribution in [0.3, 0.4) is 0 Å². The molecule has 0 aromatic rings. The Morgan fingerprint density at radius 1 is 1.03 bits per heavy atom. The van der Waals surface area contributed by atoms with E-state index in [1.807, 2.05) is 5.57 Å². The van der Waals surface area contributed by atoms with Crippen molar-refractivity contribution < 1.29 is 4.79 Å². The fraction of sp³-hybridized carbons (Fsp3) is 0.828. The first-order chi connectivity index (χ1) is 14.2. The molecule has 3 saturated carbocycles. The second-order valence-corrected chi connectivity index (χ2v) is 12.3. The maximum Gasteiger partial charge on any atom is 0.133 e. The molecule has 0 radical (unpaired) electrons. The van der Waals surface area contributed by atoms with Crippen molar-refractivity contribution in [3.05, 3.63) is 23.8 Å². The number of rotatable bonds is 5. The van der Waals surface area contributed by atoms with Gasteiger partial charge in [0.15, 0.2) is 0 Å². The molecule has 0 bridgehead atoms. The SMILES string of the molecule is CCC(C=CC(C)C1CCC2C3=CCC4CC(=O)CCC4(C)C3CCC21C)C(C)C. The van der Waals surface area contributed by atoms with Crippen molar-refractivity contribution in [2.24, 2.45) is 52.3 Å². The van der Waals surface area contributed by atoms with Crippen LogP contribution in [0.25, 0.3) is 0 Å². The molecule has 8 atom stereocenters. The van der Waals surface area contributed by atoms with Crippen LogP contribution in [0.15, 0.2) is 23.8 Å². The average molecular weight is 411 g/mol. The lowest BCUT2D eigenvalue weighted by Crippen LogP contribution is -2.49. The molecule has 4 aliphatic rings. The molecule has 168 valence electrons. The van der Waals surface area contributed by atoms with E-state index >= 15 is 0 Å². The molecular formula is C29H46O. The summed E-state index contributed by atoms with van der Waals surface area (Å²) >= 11 is 0. The zero-order chi connectivity index (χ0) is 21.7. The number of hydrogen-bond donors (Lipinski definition) is 0. The summed E-state index contributed by atoms with van der Waals surface area (Å²) in [6.45, 7) is 14.7. The second-order valence-electron chi connectivity index (χ2n) is 12.3. The lowest BCUT2D eigenvalue weighted by molar-refractivity contribution is -0.127. The smallest absolute Gasteiger partial charge is 0.133 e. The standard InChI is InChI=1S/C29H46O/c1-7-21(19(2)3)9-8-20(4)25-12-13-26-24-11-10-22-18-23(30)14-16-28(22,5)27(24)15-17-29(25,26)6/h8-9,11,19-22,25-27H,7,10,12-18H2,1-6H3. The molecule has 0 aliphatic heterocycles. The predicted molar refractivity (Wildman–Crippen MR) is 127 cm³/mol. The molecule has 3 fully saturated rings. The minimum absolute atomic E-state index is 0.383. The van der Waals surface area contributed by atoms with Gasteiger partial charge in [-0.3, -0.25) is 4.79 Å². The van der Waals surface area contributed by atoms with Gasteiger partial charge in [0.1, 0.15) is 5.78 Å². The van der Waals surface area contributed by atoms with E-state index in [-0.39, 0.29) is 0 Å². The Kier molecular flexibility index (Phi) is 6.15. The fourth-order valence-electron chi connectivity index (χ4n) is 8.49. The van der Waals surface area contributed by atoms with Crippen LogP contribution in [0, 0.1) is 52.3 Å². The van der Waals surface area contributed by atoms with Crippen molar-refractivity contribution >= 4 is 5.78 Å². The highest BCUT2D eigenvalue weighted by molar-refractivity contribution is 5.79. The number of hydrogen-bond acceptors (Lipinski definition) is 1. The fourth-order valence-corrected chi connectivity index (χ4v) is 8.49. The van der Waals surface area contributed by atoms with Crippen LogP contribution in [0.5, 0.6) is 0 Å². The summed E-state index contributed by atoms with van der Waals surface area (Å²) in [5.74, 6) is 5.63. The minimum Gasteiger partial charge on any atom is -0.300 e. The molecule has 0 aromatic heterocycles. The van der Waals surface area contributed by atoms with E-state index in [9.17, 15) is 4.79 Å². The van der Waals surface area contributed by atoms with Crippen LogP contribution in [-0.4, -0.2) is 5.78 Å². The predicted octanol–water partition coefficient (Wildman–Crippen LogP) is 8.01. The molecule has 0 amide bonds. The first kappa shape index (κ1) is 22.3. The number of ketones is 1. The van der Waals surface area contributed by atoms with Gasteiger partial charge in [0.2, 0.25) is 0 Å². The van der Waals surface area contributed by atoms with Gasteiger partial charge >= 0.3 is 0 Å². The summed E-state index contributed by atoms with van der Waals surface area (Å²) in [6, 6.07) is 0. The Labute approximate surface area is 186 Å². The van der Waals surface area contributed by atoms with Gasteiger partial charge in [-0.15, -0.1) is 0 Å². The zero-order valence-electron chi connectivity index (χ0n) is 20.5. The van der Waals surface area contributed by atoms with Crippen molar-refractivity contribution in [1.29, 1.82) is 0 Å². The quantitative estimate of drug-likeness (QED) is 0.419. The van der Waals surface area contributed by atoms with E-state index in [2.05, 4.69) is 59.8 Å². The minimum atomic E-state index is 0.383. The van der Waals surface area contributed by atoms with E-state index in [0.717, 1.165) is 55.3 Å². The summed E-state index contributed by atoms with van der Waals surface area (Å²) in [4.78, 5) is 12.1. The van der Waals surface area contributed by atoms with Crippen LogP contribution in [0.4, 0.5) is 0 Å². The van der Waals surface area contributed by atoms with Gasteiger partial charge in [-0.2, -0.15) is 0 Å². The summed E-state index contributed by atoms with van der Waals surface area (Å²) < 4.78 is 0. The number of Topliss-reactive ketones (excluding diaryl/α,β-unsaturated/α-hetero) is 1. The third kappa shape index (κ3) is 3.57. The van der Waals surface area contributed by atoms with Crippen LogP contribution >= 0.6 is 0 Å². The van der Waals surface area contributed by atoms with E-state index in [1.165, 1.54) is 32.1 Å². The van der Waals surface area contributed by atoms with E-state index < -0.39 is 0 Å². The maximum absolute atomic E-state index is 12.1. The number of fused-ring (bicyclic) bond motifs is 5. The number of allylic oxidation sites excluding steroid dienone is 4. The third-order valence-electron chi connectivity index (χ3n) is 10.6. The van der Waals surface area contributed by atoms with Crippen molar-refractivity contribution in [1.82, 2.24) is 0 Å². The average Bonchev–Trinajstić information content (AvgIpc) is 3.06. The molecule has 0 saturated heterocycles. The highest BCUT2D eigenvalue weighted by Crippen LogP contribution is 2.66. The van der Waals surface area contributed by atoms with Gasteiger partial charge in [0.05, 0.1) is 0 Å². The van der Waals surface area contributed by atoms with E-state index in [1.54, 1.807) is 0 Å². The Bertz CT molecular complexity index is 714. The Hall–Kier alpha value is -0.850. The van der Waals surface area contributed by atoms with E-state index in [4.69, 9.17) is 0 Å². The van der Waals surface area contributed by atoms with Gasteiger partial charge in [0, 0.05) is 12.8 Å². The van der Waals surface area contributed by atoms with Crippen LogP contribution in [0.2, 0.25) is 0 Å². The third-order valence-corrected chi connectivity index (χ3v) is 10.6. The van der Waals surface area contributed by atoms with Gasteiger partial charge < -0.3 is 0 Å². The molecule has 30 heavy (non-hydrogen) atoms. The van der Waals surface area contributed by atoms with Crippen LogP contribution in [-0.2, 0) is 4.79 Å². The Balaban J connectivity index is 1.54. The molecule has 0 spiro atoms. The van der Waals surface area contributed by atoms with Crippen molar-refractivity contribution in [3.63, 3.8) is 0 Å². The summed E-state index contributed by atoms with van der Waals surface area (Å²) in [6.07, 6.45) is 18.5. The van der Waals surface area contributed by atoms with Crippen LogP contribution in [0.1, 0.15) is 99.3 Å². The molecule has 0 N–H and O–H groups in total. The van der Waals surface area contributed by atoms with Gasteiger partial charge in [-0.25, -0.2) is 0 Å². The monoisotopic (exact) mass is 410 g/mol. The molecule has 4 aliphatic carbocycles. The van der Waals surface area contributed by atoms with Crippen molar-refractivity contribution in [2.45, 2.75) is 99.3 Å².